The zero-order chi connectivity index (χ0) is 13.4. The van der Waals surface area contributed by atoms with Crippen LogP contribution in [0.4, 0.5) is 0 Å². The maximum absolute atomic E-state index is 12.4. The Hall–Kier alpha value is -2.02. The van der Waals surface area contributed by atoms with Crippen molar-refractivity contribution in [2.24, 2.45) is 11.8 Å². The molecule has 2 unspecified atom stereocenters. The van der Waals surface area contributed by atoms with Crippen LogP contribution in [0.3, 0.4) is 0 Å². The first-order chi connectivity index (χ1) is 9.20. The summed E-state index contributed by atoms with van der Waals surface area (Å²) >= 11 is 0. The highest BCUT2D eigenvalue weighted by Gasteiger charge is 2.36. The number of rotatable bonds is 4. The molecule has 0 radical (unpaired) electrons. The van der Waals surface area contributed by atoms with Gasteiger partial charge in [0, 0.05) is 5.92 Å². The molecule has 1 aromatic rings. The van der Waals surface area contributed by atoms with E-state index < -0.39 is 5.92 Å². The van der Waals surface area contributed by atoms with E-state index in [1.807, 2.05) is 6.92 Å². The van der Waals surface area contributed by atoms with Gasteiger partial charge < -0.3 is 9.47 Å². The van der Waals surface area contributed by atoms with Crippen molar-refractivity contribution in [3.05, 3.63) is 23.8 Å². The van der Waals surface area contributed by atoms with Crippen LogP contribution in [0.1, 0.15) is 31.2 Å². The van der Waals surface area contributed by atoms with E-state index in [1.165, 1.54) is 0 Å². The second kappa shape index (κ2) is 4.58. The summed E-state index contributed by atoms with van der Waals surface area (Å²) < 4.78 is 10.5. The maximum Gasteiger partial charge on any atom is 0.231 e. The molecule has 1 aliphatic carbocycles. The topological polar surface area (TPSA) is 59.3 Å². The van der Waals surface area contributed by atoms with Crippen LogP contribution in [-0.2, 0) is 4.79 Å². The van der Waals surface area contributed by atoms with Crippen LogP contribution < -0.4 is 9.47 Å². The lowest BCUT2D eigenvalue weighted by Gasteiger charge is -2.14. The second-order valence-electron chi connectivity index (χ2n) is 5.20. The summed E-state index contributed by atoms with van der Waals surface area (Å²) in [5.41, 5.74) is 0.698. The van der Waals surface area contributed by atoms with Gasteiger partial charge in [-0.05, 0) is 36.5 Å². The lowest BCUT2D eigenvalue weighted by Crippen LogP contribution is -2.20. The Labute approximate surface area is 111 Å². The van der Waals surface area contributed by atoms with Crippen molar-refractivity contribution in [3.8, 4) is 17.6 Å². The van der Waals surface area contributed by atoms with E-state index >= 15 is 0 Å². The summed E-state index contributed by atoms with van der Waals surface area (Å²) in [4.78, 5) is 12.4. The lowest BCUT2D eigenvalue weighted by atomic mass is 9.87. The van der Waals surface area contributed by atoms with E-state index in [9.17, 15) is 10.1 Å². The molecule has 19 heavy (non-hydrogen) atoms. The van der Waals surface area contributed by atoms with Crippen LogP contribution in [-0.4, -0.2) is 12.6 Å². The minimum atomic E-state index is -0.704. The SMILES string of the molecule is CC(C(=O)C(C#N)c1ccc2c(c1)OCO2)C1CC1. The molecule has 3 rings (SSSR count). The Kier molecular flexibility index (Phi) is 2.90. The fourth-order valence-electron chi connectivity index (χ4n) is 2.49. The third-order valence-corrected chi connectivity index (χ3v) is 3.92. The summed E-state index contributed by atoms with van der Waals surface area (Å²) in [6, 6.07) is 7.41. The van der Waals surface area contributed by atoms with E-state index in [2.05, 4.69) is 6.07 Å². The van der Waals surface area contributed by atoms with Crippen LogP contribution in [0.25, 0.3) is 0 Å². The average Bonchev–Trinajstić information content (AvgIpc) is 3.17. The molecule has 98 valence electrons. The minimum absolute atomic E-state index is 0.0175. The van der Waals surface area contributed by atoms with Crippen molar-refractivity contribution in [1.29, 1.82) is 5.26 Å². The number of nitriles is 1. The van der Waals surface area contributed by atoms with Crippen LogP contribution >= 0.6 is 0 Å². The fourth-order valence-corrected chi connectivity index (χ4v) is 2.49. The molecule has 4 heteroatoms. The molecular formula is C15H15NO3. The molecule has 0 aromatic heterocycles. The van der Waals surface area contributed by atoms with Gasteiger partial charge in [-0.1, -0.05) is 13.0 Å². The molecular weight excluding hydrogens is 242 g/mol. The van der Waals surface area contributed by atoms with Gasteiger partial charge in [0.15, 0.2) is 17.3 Å². The molecule has 0 amide bonds. The zero-order valence-electron chi connectivity index (χ0n) is 10.8. The smallest absolute Gasteiger partial charge is 0.231 e. The van der Waals surface area contributed by atoms with Gasteiger partial charge in [-0.2, -0.15) is 5.26 Å². The summed E-state index contributed by atoms with van der Waals surface area (Å²) in [5, 5.41) is 9.31. The van der Waals surface area contributed by atoms with Gasteiger partial charge in [0.05, 0.1) is 6.07 Å². The van der Waals surface area contributed by atoms with Crippen molar-refractivity contribution in [3.63, 3.8) is 0 Å². The molecule has 2 aliphatic rings. The molecule has 1 aromatic carbocycles. The van der Waals surface area contributed by atoms with Gasteiger partial charge in [-0.15, -0.1) is 0 Å². The summed E-state index contributed by atoms with van der Waals surface area (Å²) in [7, 11) is 0. The van der Waals surface area contributed by atoms with E-state index in [0.717, 1.165) is 12.8 Å². The molecule has 0 N–H and O–H groups in total. The standard InChI is InChI=1S/C15H15NO3/c1-9(10-2-3-10)15(17)12(7-16)11-4-5-13-14(6-11)19-8-18-13/h4-6,9-10,12H,2-3,8H2,1H3. The largest absolute Gasteiger partial charge is 0.454 e. The van der Waals surface area contributed by atoms with Crippen molar-refractivity contribution in [1.82, 2.24) is 0 Å². The number of nitrogens with zero attached hydrogens (tertiary/aromatic N) is 1. The van der Waals surface area contributed by atoms with Gasteiger partial charge in [0.2, 0.25) is 6.79 Å². The summed E-state index contributed by atoms with van der Waals surface area (Å²) in [6.45, 7) is 2.12. The predicted molar refractivity (Wildman–Crippen MR) is 67.8 cm³/mol. The first kappa shape index (κ1) is 12.0. The Balaban J connectivity index is 1.85. The Bertz CT molecular complexity index is 557. The molecule has 0 bridgehead atoms. The fraction of sp³-hybridized carbons (Fsp3) is 0.467. The highest BCUT2D eigenvalue weighted by molar-refractivity contribution is 5.90. The van der Waals surface area contributed by atoms with E-state index in [0.29, 0.717) is 23.0 Å². The lowest BCUT2D eigenvalue weighted by molar-refractivity contribution is -0.123. The van der Waals surface area contributed by atoms with Crippen LogP contribution in [0, 0.1) is 23.2 Å². The molecule has 1 aliphatic heterocycles. The van der Waals surface area contributed by atoms with Gasteiger partial charge in [-0.25, -0.2) is 0 Å². The zero-order valence-corrected chi connectivity index (χ0v) is 10.8. The maximum atomic E-state index is 12.4. The number of carbonyl (C=O) groups is 1. The number of fused-ring (bicyclic) bond motifs is 1. The highest BCUT2D eigenvalue weighted by atomic mass is 16.7. The second-order valence-corrected chi connectivity index (χ2v) is 5.20. The normalized spacial score (nSPS) is 19.6. The molecule has 1 fully saturated rings. The molecule has 1 saturated carbocycles. The summed E-state index contributed by atoms with van der Waals surface area (Å²) in [5.74, 6) is 1.04. The van der Waals surface area contributed by atoms with Crippen LogP contribution in [0.2, 0.25) is 0 Å². The Morgan fingerprint density at radius 2 is 2.11 bits per heavy atom. The number of ketones is 1. The molecule has 4 nitrogen and oxygen atoms in total. The monoisotopic (exact) mass is 257 g/mol. The van der Waals surface area contributed by atoms with Crippen LogP contribution in [0.15, 0.2) is 18.2 Å². The minimum Gasteiger partial charge on any atom is -0.454 e. The third kappa shape index (κ3) is 2.17. The van der Waals surface area contributed by atoms with Gasteiger partial charge in [-0.3, -0.25) is 4.79 Å². The Morgan fingerprint density at radius 3 is 2.79 bits per heavy atom. The predicted octanol–water partition coefficient (Wildman–Crippen LogP) is 2.64. The molecule has 0 spiro atoms. The number of Topliss-reactive ketones (excluding diaryl/α,β-unsaturated/α-hetero) is 1. The van der Waals surface area contributed by atoms with Crippen molar-refractivity contribution < 1.29 is 14.3 Å². The van der Waals surface area contributed by atoms with Gasteiger partial charge >= 0.3 is 0 Å². The molecule has 2 atom stereocenters. The molecule has 0 saturated heterocycles. The number of hydrogen-bond donors (Lipinski definition) is 0. The summed E-state index contributed by atoms with van der Waals surface area (Å²) in [6.07, 6.45) is 2.21. The highest BCUT2D eigenvalue weighted by Crippen LogP contribution is 2.40. The Morgan fingerprint density at radius 1 is 1.37 bits per heavy atom. The van der Waals surface area contributed by atoms with E-state index in [1.54, 1.807) is 18.2 Å². The van der Waals surface area contributed by atoms with Gasteiger partial charge in [0.1, 0.15) is 5.92 Å². The molecule has 1 heterocycles. The van der Waals surface area contributed by atoms with Crippen molar-refractivity contribution in [2.75, 3.05) is 6.79 Å². The number of ether oxygens (including phenoxy) is 2. The van der Waals surface area contributed by atoms with Crippen molar-refractivity contribution in [2.45, 2.75) is 25.7 Å². The van der Waals surface area contributed by atoms with E-state index in [4.69, 9.17) is 9.47 Å². The quantitative estimate of drug-likeness (QED) is 0.832. The van der Waals surface area contributed by atoms with Gasteiger partial charge in [0.25, 0.3) is 0 Å². The van der Waals surface area contributed by atoms with E-state index in [-0.39, 0.29) is 18.5 Å². The number of carbonyl (C=O) groups excluding carboxylic acids is 1. The first-order valence-corrected chi connectivity index (χ1v) is 6.53. The van der Waals surface area contributed by atoms with Crippen LogP contribution in [0.5, 0.6) is 11.5 Å². The first-order valence-electron chi connectivity index (χ1n) is 6.53. The van der Waals surface area contributed by atoms with Crippen molar-refractivity contribution >= 4 is 5.78 Å². The third-order valence-electron chi connectivity index (χ3n) is 3.92. The average molecular weight is 257 g/mol. The number of benzene rings is 1. The number of hydrogen-bond acceptors (Lipinski definition) is 4.